The standard InChI is InChI=1S/C11H13Br2NO2S/c1-11(10(15)16)3-2-4-14(11)6-7-5-8(12)9(13)17-7/h5H,2-4,6H2,1H3,(H,15,16). The van der Waals surface area contributed by atoms with Crippen LogP contribution < -0.4 is 0 Å². The maximum Gasteiger partial charge on any atom is 0.323 e. The van der Waals surface area contributed by atoms with Gasteiger partial charge in [0.05, 0.1) is 3.79 Å². The van der Waals surface area contributed by atoms with E-state index >= 15 is 0 Å². The molecule has 6 heteroatoms. The summed E-state index contributed by atoms with van der Waals surface area (Å²) in [5.74, 6) is -0.718. The Bertz CT molecular complexity index is 429. The third-order valence-corrected chi connectivity index (χ3v) is 6.53. The number of rotatable bonds is 3. The molecule has 94 valence electrons. The van der Waals surface area contributed by atoms with Crippen LogP contribution >= 0.6 is 43.2 Å². The molecule has 2 rings (SSSR count). The lowest BCUT2D eigenvalue weighted by molar-refractivity contribution is -0.148. The fourth-order valence-electron chi connectivity index (χ4n) is 2.17. The highest BCUT2D eigenvalue weighted by Crippen LogP contribution is 2.36. The van der Waals surface area contributed by atoms with Gasteiger partial charge in [0.15, 0.2) is 0 Å². The molecule has 1 unspecified atom stereocenters. The summed E-state index contributed by atoms with van der Waals surface area (Å²) in [6.07, 6.45) is 1.69. The molecule has 0 spiro atoms. The van der Waals surface area contributed by atoms with E-state index in [2.05, 4.69) is 42.8 Å². The van der Waals surface area contributed by atoms with Gasteiger partial charge < -0.3 is 5.11 Å². The lowest BCUT2D eigenvalue weighted by Crippen LogP contribution is -2.47. The smallest absolute Gasteiger partial charge is 0.323 e. The lowest BCUT2D eigenvalue weighted by atomic mass is 9.99. The normalized spacial score (nSPS) is 25.4. The van der Waals surface area contributed by atoms with Gasteiger partial charge in [-0.15, -0.1) is 11.3 Å². The minimum Gasteiger partial charge on any atom is -0.480 e. The summed E-state index contributed by atoms with van der Waals surface area (Å²) in [7, 11) is 0. The van der Waals surface area contributed by atoms with Gasteiger partial charge in [0.1, 0.15) is 5.54 Å². The van der Waals surface area contributed by atoms with E-state index in [1.165, 1.54) is 4.88 Å². The monoisotopic (exact) mass is 381 g/mol. The minimum atomic E-state index is -0.718. The highest BCUT2D eigenvalue weighted by atomic mass is 79.9. The zero-order valence-corrected chi connectivity index (χ0v) is 13.4. The summed E-state index contributed by atoms with van der Waals surface area (Å²) < 4.78 is 2.09. The molecule has 1 saturated heterocycles. The summed E-state index contributed by atoms with van der Waals surface area (Å²) in [5.41, 5.74) is -0.705. The third-order valence-electron chi connectivity index (χ3n) is 3.29. The number of carboxylic acids is 1. The fraction of sp³-hybridized carbons (Fsp3) is 0.545. The molecule has 0 aliphatic carbocycles. The molecule has 0 radical (unpaired) electrons. The van der Waals surface area contributed by atoms with Crippen molar-refractivity contribution in [2.45, 2.75) is 31.8 Å². The van der Waals surface area contributed by atoms with Gasteiger partial charge in [-0.1, -0.05) is 0 Å². The number of hydrogen-bond donors (Lipinski definition) is 1. The molecule has 0 bridgehead atoms. The van der Waals surface area contributed by atoms with Crippen molar-refractivity contribution in [2.75, 3.05) is 6.54 Å². The van der Waals surface area contributed by atoms with Crippen molar-refractivity contribution in [2.24, 2.45) is 0 Å². The van der Waals surface area contributed by atoms with Crippen LogP contribution in [-0.4, -0.2) is 28.1 Å². The molecule has 1 fully saturated rings. The van der Waals surface area contributed by atoms with E-state index in [0.717, 1.165) is 27.6 Å². The minimum absolute atomic E-state index is 0.705. The third kappa shape index (κ3) is 2.59. The number of thiophene rings is 1. The Balaban J connectivity index is 2.16. The Morgan fingerprint density at radius 3 is 2.88 bits per heavy atom. The number of hydrogen-bond acceptors (Lipinski definition) is 3. The van der Waals surface area contributed by atoms with Crippen LogP contribution in [0.4, 0.5) is 0 Å². The number of nitrogens with zero attached hydrogens (tertiary/aromatic N) is 1. The van der Waals surface area contributed by atoms with Crippen LogP contribution in [0.5, 0.6) is 0 Å². The Labute approximate surface area is 121 Å². The van der Waals surface area contributed by atoms with Crippen molar-refractivity contribution in [3.05, 3.63) is 19.2 Å². The van der Waals surface area contributed by atoms with E-state index in [1.54, 1.807) is 11.3 Å². The molecule has 17 heavy (non-hydrogen) atoms. The van der Waals surface area contributed by atoms with Crippen molar-refractivity contribution < 1.29 is 9.90 Å². The summed E-state index contributed by atoms with van der Waals surface area (Å²) in [6, 6.07) is 2.05. The maximum absolute atomic E-state index is 11.3. The first-order chi connectivity index (χ1) is 7.93. The molecule has 1 aliphatic rings. The van der Waals surface area contributed by atoms with Gasteiger partial charge in [-0.3, -0.25) is 9.69 Å². The van der Waals surface area contributed by atoms with E-state index < -0.39 is 11.5 Å². The van der Waals surface area contributed by atoms with Crippen LogP contribution in [0.15, 0.2) is 14.3 Å². The highest BCUT2D eigenvalue weighted by molar-refractivity contribution is 9.13. The quantitative estimate of drug-likeness (QED) is 0.866. The molecule has 0 saturated carbocycles. The highest BCUT2D eigenvalue weighted by Gasteiger charge is 2.43. The summed E-state index contributed by atoms with van der Waals surface area (Å²) >= 11 is 8.56. The molecular formula is C11H13Br2NO2S. The predicted octanol–water partition coefficient (Wildman–Crippen LogP) is 3.71. The topological polar surface area (TPSA) is 40.5 Å². The Morgan fingerprint density at radius 1 is 1.65 bits per heavy atom. The van der Waals surface area contributed by atoms with Crippen LogP contribution in [0.2, 0.25) is 0 Å². The van der Waals surface area contributed by atoms with Crippen molar-refractivity contribution in [1.82, 2.24) is 4.90 Å². The van der Waals surface area contributed by atoms with Gasteiger partial charge in [0, 0.05) is 15.9 Å². The maximum atomic E-state index is 11.3. The van der Waals surface area contributed by atoms with E-state index in [-0.39, 0.29) is 0 Å². The molecule has 1 aromatic rings. The van der Waals surface area contributed by atoms with Gasteiger partial charge in [0.25, 0.3) is 0 Å². The SMILES string of the molecule is CC1(C(=O)O)CCCN1Cc1cc(Br)c(Br)s1. The van der Waals surface area contributed by atoms with Crippen LogP contribution in [-0.2, 0) is 11.3 Å². The molecular weight excluding hydrogens is 370 g/mol. The first-order valence-corrected chi connectivity index (χ1v) is 7.76. The van der Waals surface area contributed by atoms with Gasteiger partial charge in [-0.05, 0) is 64.2 Å². The first-order valence-electron chi connectivity index (χ1n) is 5.35. The number of halogens is 2. The second-order valence-electron chi connectivity index (χ2n) is 4.44. The summed E-state index contributed by atoms with van der Waals surface area (Å²) in [5, 5.41) is 9.32. The van der Waals surface area contributed by atoms with E-state index in [9.17, 15) is 9.90 Å². The lowest BCUT2D eigenvalue weighted by Gasteiger charge is -2.30. The predicted molar refractivity (Wildman–Crippen MR) is 75.4 cm³/mol. The molecule has 1 atom stereocenters. The average molecular weight is 383 g/mol. The largest absolute Gasteiger partial charge is 0.480 e. The van der Waals surface area contributed by atoms with Crippen LogP contribution in [0.1, 0.15) is 24.6 Å². The molecule has 0 amide bonds. The van der Waals surface area contributed by atoms with Crippen molar-refractivity contribution in [3.63, 3.8) is 0 Å². The Kier molecular flexibility index (Phi) is 3.97. The molecule has 1 aromatic heterocycles. The van der Waals surface area contributed by atoms with Crippen LogP contribution in [0.3, 0.4) is 0 Å². The molecule has 2 heterocycles. The number of likely N-dealkylation sites (tertiary alicyclic amines) is 1. The fourth-order valence-corrected chi connectivity index (χ4v) is 4.36. The summed E-state index contributed by atoms with van der Waals surface area (Å²) in [4.78, 5) is 14.6. The van der Waals surface area contributed by atoms with E-state index in [1.807, 2.05) is 6.92 Å². The van der Waals surface area contributed by atoms with Crippen molar-refractivity contribution in [3.8, 4) is 0 Å². The number of aliphatic carboxylic acids is 1. The van der Waals surface area contributed by atoms with Gasteiger partial charge in [-0.2, -0.15) is 0 Å². The van der Waals surface area contributed by atoms with E-state index in [4.69, 9.17) is 0 Å². The average Bonchev–Trinajstić information content (AvgIpc) is 2.74. The number of carboxylic acid groups (broad SMARTS) is 1. The molecule has 1 aliphatic heterocycles. The second kappa shape index (κ2) is 4.99. The van der Waals surface area contributed by atoms with Crippen LogP contribution in [0, 0.1) is 0 Å². The van der Waals surface area contributed by atoms with Crippen molar-refractivity contribution >= 4 is 49.2 Å². The summed E-state index contributed by atoms with van der Waals surface area (Å²) in [6.45, 7) is 3.38. The van der Waals surface area contributed by atoms with Crippen molar-refractivity contribution in [1.29, 1.82) is 0 Å². The zero-order chi connectivity index (χ0) is 12.6. The van der Waals surface area contributed by atoms with Gasteiger partial charge in [0.2, 0.25) is 0 Å². The zero-order valence-electron chi connectivity index (χ0n) is 9.37. The van der Waals surface area contributed by atoms with Gasteiger partial charge in [-0.25, -0.2) is 0 Å². The Hall–Kier alpha value is 0.0900. The second-order valence-corrected chi connectivity index (χ2v) is 7.75. The first kappa shape index (κ1) is 13.5. The van der Waals surface area contributed by atoms with E-state index in [0.29, 0.717) is 6.54 Å². The van der Waals surface area contributed by atoms with Crippen LogP contribution in [0.25, 0.3) is 0 Å². The molecule has 1 N–H and O–H groups in total. The van der Waals surface area contributed by atoms with Gasteiger partial charge >= 0.3 is 5.97 Å². The molecule has 3 nitrogen and oxygen atoms in total. The molecule has 0 aromatic carbocycles. The Morgan fingerprint density at radius 2 is 2.35 bits per heavy atom. The number of carbonyl (C=O) groups is 1.